The number of nitro groups is 1. The summed E-state index contributed by atoms with van der Waals surface area (Å²) in [5.74, 6) is -0.117. The van der Waals surface area contributed by atoms with E-state index in [0.717, 1.165) is 25.7 Å². The monoisotopic (exact) mass is 301 g/mol. The lowest BCUT2D eigenvalue weighted by atomic mass is 10.1. The van der Waals surface area contributed by atoms with Crippen LogP contribution in [0.3, 0.4) is 0 Å². The van der Waals surface area contributed by atoms with Crippen molar-refractivity contribution in [2.45, 2.75) is 32.1 Å². The summed E-state index contributed by atoms with van der Waals surface area (Å²) in [6.45, 7) is 0.680. The summed E-state index contributed by atoms with van der Waals surface area (Å²) in [5, 5.41) is 13.3. The molecule has 20 heavy (non-hydrogen) atoms. The van der Waals surface area contributed by atoms with E-state index in [1.165, 1.54) is 12.1 Å². The molecule has 0 radical (unpaired) electrons. The fourth-order valence-corrected chi connectivity index (χ4v) is 1.70. The van der Waals surface area contributed by atoms with Crippen LogP contribution in [-0.4, -0.2) is 17.4 Å². The summed E-state index contributed by atoms with van der Waals surface area (Å²) in [6.07, 6.45) is 4.21. The number of carbonyl (C=O) groups excluding carboxylic acids is 1. The fourth-order valence-electron chi connectivity index (χ4n) is 1.70. The summed E-state index contributed by atoms with van der Waals surface area (Å²) >= 11 is 0. The fraction of sp³-hybridized carbons (Fsp3) is 0.462. The zero-order valence-electron chi connectivity index (χ0n) is 11.2. The van der Waals surface area contributed by atoms with E-state index in [9.17, 15) is 14.9 Å². The van der Waals surface area contributed by atoms with Crippen LogP contribution in [0.1, 0.15) is 32.1 Å². The molecule has 112 valence electrons. The van der Waals surface area contributed by atoms with E-state index in [2.05, 4.69) is 5.32 Å². The molecule has 1 amide bonds. The van der Waals surface area contributed by atoms with E-state index in [4.69, 9.17) is 5.73 Å². The molecule has 0 fully saturated rings. The first-order chi connectivity index (χ1) is 9.13. The topological polar surface area (TPSA) is 98.3 Å². The van der Waals surface area contributed by atoms with Gasteiger partial charge in [0.25, 0.3) is 5.69 Å². The van der Waals surface area contributed by atoms with Crippen LogP contribution in [0.15, 0.2) is 24.3 Å². The van der Waals surface area contributed by atoms with Crippen LogP contribution in [0.25, 0.3) is 0 Å². The summed E-state index contributed by atoms with van der Waals surface area (Å²) in [4.78, 5) is 21.7. The van der Waals surface area contributed by atoms with Gasteiger partial charge in [0.05, 0.1) is 4.92 Å². The van der Waals surface area contributed by atoms with E-state index in [-0.39, 0.29) is 24.0 Å². The molecule has 0 aliphatic carbocycles. The molecule has 7 heteroatoms. The number of anilines is 1. The maximum Gasteiger partial charge on any atom is 0.271 e. The second kappa shape index (κ2) is 10.2. The lowest BCUT2D eigenvalue weighted by molar-refractivity contribution is -0.384. The molecule has 1 rings (SSSR count). The smallest absolute Gasteiger partial charge is 0.271 e. The molecule has 0 spiro atoms. The Morgan fingerprint density at radius 2 is 1.95 bits per heavy atom. The average molecular weight is 302 g/mol. The van der Waals surface area contributed by atoms with Gasteiger partial charge in [0.2, 0.25) is 5.91 Å². The number of nitrogens with one attached hydrogen (secondary N) is 1. The first-order valence-electron chi connectivity index (χ1n) is 6.38. The minimum atomic E-state index is -0.484. The Morgan fingerprint density at radius 1 is 1.25 bits per heavy atom. The maximum atomic E-state index is 11.6. The van der Waals surface area contributed by atoms with Crippen LogP contribution in [0.4, 0.5) is 11.4 Å². The largest absolute Gasteiger partial charge is 0.330 e. The number of nitrogens with two attached hydrogens (primary N) is 1. The number of hydrogen-bond acceptors (Lipinski definition) is 4. The van der Waals surface area contributed by atoms with Gasteiger partial charge in [-0.05, 0) is 25.5 Å². The molecule has 0 aliphatic rings. The normalized spacial score (nSPS) is 9.65. The van der Waals surface area contributed by atoms with Crippen LogP contribution in [0.2, 0.25) is 0 Å². The lowest BCUT2D eigenvalue weighted by Crippen LogP contribution is -2.11. The number of nitro benzene ring substituents is 1. The Kier molecular flexibility index (Phi) is 9.32. The van der Waals surface area contributed by atoms with Crippen molar-refractivity contribution in [2.75, 3.05) is 11.9 Å². The molecule has 0 unspecified atom stereocenters. The van der Waals surface area contributed by atoms with Gasteiger partial charge in [0.1, 0.15) is 0 Å². The van der Waals surface area contributed by atoms with Crippen molar-refractivity contribution in [3.8, 4) is 0 Å². The molecule has 0 saturated heterocycles. The molecule has 0 bridgehead atoms. The number of benzene rings is 1. The predicted octanol–water partition coefficient (Wildman–Crippen LogP) is 2.86. The van der Waals surface area contributed by atoms with Crippen LogP contribution < -0.4 is 11.1 Å². The number of rotatable bonds is 8. The highest BCUT2D eigenvalue weighted by Gasteiger charge is 2.07. The molecule has 0 heterocycles. The molecular weight excluding hydrogens is 282 g/mol. The Labute approximate surface area is 124 Å². The van der Waals surface area contributed by atoms with E-state index in [0.29, 0.717) is 18.7 Å². The summed E-state index contributed by atoms with van der Waals surface area (Å²) < 4.78 is 0. The second-order valence-electron chi connectivity index (χ2n) is 4.31. The predicted molar refractivity (Wildman–Crippen MR) is 81.1 cm³/mol. The average Bonchev–Trinajstić information content (AvgIpc) is 2.38. The highest BCUT2D eigenvalue weighted by molar-refractivity contribution is 5.90. The molecule has 0 aliphatic heterocycles. The minimum absolute atomic E-state index is 0. The molecular formula is C13H20ClN3O3. The maximum absolute atomic E-state index is 11.6. The number of halogens is 1. The van der Waals surface area contributed by atoms with E-state index in [1.807, 2.05) is 0 Å². The summed E-state index contributed by atoms with van der Waals surface area (Å²) in [5.41, 5.74) is 5.81. The Hall–Kier alpha value is -1.66. The number of carbonyl (C=O) groups is 1. The van der Waals surface area contributed by atoms with Gasteiger partial charge in [-0.15, -0.1) is 12.4 Å². The molecule has 0 saturated carbocycles. The van der Waals surface area contributed by atoms with E-state index < -0.39 is 4.92 Å². The van der Waals surface area contributed by atoms with Gasteiger partial charge < -0.3 is 11.1 Å². The zero-order valence-corrected chi connectivity index (χ0v) is 12.0. The minimum Gasteiger partial charge on any atom is -0.330 e. The Morgan fingerprint density at radius 3 is 2.60 bits per heavy atom. The van der Waals surface area contributed by atoms with Gasteiger partial charge in [0, 0.05) is 24.2 Å². The quantitative estimate of drug-likeness (QED) is 0.438. The van der Waals surface area contributed by atoms with Gasteiger partial charge in [-0.2, -0.15) is 0 Å². The van der Waals surface area contributed by atoms with Crippen molar-refractivity contribution >= 4 is 29.7 Å². The molecule has 1 aromatic carbocycles. The first-order valence-corrected chi connectivity index (χ1v) is 6.38. The first kappa shape index (κ1) is 18.3. The van der Waals surface area contributed by atoms with Crippen LogP contribution >= 0.6 is 12.4 Å². The third-order valence-corrected chi connectivity index (χ3v) is 2.70. The van der Waals surface area contributed by atoms with Crippen molar-refractivity contribution in [3.63, 3.8) is 0 Å². The van der Waals surface area contributed by atoms with Gasteiger partial charge in [-0.1, -0.05) is 18.9 Å². The van der Waals surface area contributed by atoms with Crippen molar-refractivity contribution in [3.05, 3.63) is 34.4 Å². The third-order valence-electron chi connectivity index (χ3n) is 2.70. The zero-order chi connectivity index (χ0) is 14.1. The standard InChI is InChI=1S/C13H19N3O3.ClH/c14-9-4-2-1-3-8-13(17)15-11-6-5-7-12(10-11)16(18)19;/h5-7,10H,1-4,8-9,14H2,(H,15,17);1H. The number of unbranched alkanes of at least 4 members (excludes halogenated alkanes) is 3. The molecule has 0 aromatic heterocycles. The molecule has 0 atom stereocenters. The molecule has 6 nitrogen and oxygen atoms in total. The van der Waals surface area contributed by atoms with Crippen molar-refractivity contribution in [2.24, 2.45) is 5.73 Å². The highest BCUT2D eigenvalue weighted by atomic mass is 35.5. The van der Waals surface area contributed by atoms with Gasteiger partial charge >= 0.3 is 0 Å². The highest BCUT2D eigenvalue weighted by Crippen LogP contribution is 2.17. The third kappa shape index (κ3) is 7.06. The van der Waals surface area contributed by atoms with Gasteiger partial charge in [-0.25, -0.2) is 0 Å². The van der Waals surface area contributed by atoms with Gasteiger partial charge in [0.15, 0.2) is 0 Å². The number of non-ortho nitro benzene ring substituents is 1. The van der Waals surface area contributed by atoms with Crippen molar-refractivity contribution in [1.29, 1.82) is 0 Å². The summed E-state index contributed by atoms with van der Waals surface area (Å²) in [6, 6.07) is 5.93. The van der Waals surface area contributed by atoms with Crippen LogP contribution in [0.5, 0.6) is 0 Å². The van der Waals surface area contributed by atoms with E-state index in [1.54, 1.807) is 12.1 Å². The van der Waals surface area contributed by atoms with Crippen LogP contribution in [-0.2, 0) is 4.79 Å². The van der Waals surface area contributed by atoms with Crippen LogP contribution in [0, 0.1) is 10.1 Å². The number of nitrogens with zero attached hydrogens (tertiary/aromatic N) is 1. The SMILES string of the molecule is Cl.NCCCCCCC(=O)Nc1cccc([N+](=O)[O-])c1. The lowest BCUT2D eigenvalue weighted by Gasteiger charge is -2.05. The molecule has 1 aromatic rings. The van der Waals surface area contributed by atoms with E-state index >= 15 is 0 Å². The van der Waals surface area contributed by atoms with Crippen molar-refractivity contribution < 1.29 is 9.72 Å². The number of amides is 1. The summed E-state index contributed by atoms with van der Waals surface area (Å²) in [7, 11) is 0. The van der Waals surface area contributed by atoms with Gasteiger partial charge in [-0.3, -0.25) is 14.9 Å². The second-order valence-corrected chi connectivity index (χ2v) is 4.31. The Balaban J connectivity index is 0.00000361. The molecule has 3 N–H and O–H groups in total. The number of hydrogen-bond donors (Lipinski definition) is 2. The van der Waals surface area contributed by atoms with Crippen molar-refractivity contribution in [1.82, 2.24) is 0 Å². The Bertz CT molecular complexity index is 441.